The van der Waals surface area contributed by atoms with E-state index in [1.165, 1.54) is 6.42 Å². The Kier molecular flexibility index (Phi) is 6.04. The Balaban J connectivity index is 1.47. The molecule has 1 aromatic rings. The molecule has 0 aliphatic carbocycles. The van der Waals surface area contributed by atoms with Crippen LogP contribution in [0.3, 0.4) is 0 Å². The lowest BCUT2D eigenvalue weighted by Gasteiger charge is -2.26. The first kappa shape index (κ1) is 17.6. The number of benzene rings is 1. The number of amides is 1. The van der Waals surface area contributed by atoms with Crippen LogP contribution in [0.5, 0.6) is 5.75 Å². The summed E-state index contributed by atoms with van der Waals surface area (Å²) in [4.78, 5) is 14.1. The molecule has 24 heavy (non-hydrogen) atoms. The van der Waals surface area contributed by atoms with E-state index in [2.05, 4.69) is 11.4 Å². The molecule has 3 rings (SSSR count). The molecular formula is C18H22Cl2N2O2. The Hall–Kier alpha value is -1.23. The lowest BCUT2D eigenvalue weighted by molar-refractivity contribution is -0.131. The van der Waals surface area contributed by atoms with Crippen LogP contribution in [0.25, 0.3) is 6.08 Å². The predicted molar refractivity (Wildman–Crippen MR) is 97.9 cm³/mol. The summed E-state index contributed by atoms with van der Waals surface area (Å²) >= 11 is 12.2. The number of nitrogens with one attached hydrogen (secondary N) is 1. The van der Waals surface area contributed by atoms with E-state index in [1.54, 1.807) is 6.07 Å². The Morgan fingerprint density at radius 1 is 1.21 bits per heavy atom. The van der Waals surface area contributed by atoms with Crippen LogP contribution in [0, 0.1) is 0 Å². The van der Waals surface area contributed by atoms with E-state index in [-0.39, 0.29) is 5.91 Å². The van der Waals surface area contributed by atoms with Crippen molar-refractivity contribution in [3.05, 3.63) is 33.3 Å². The number of piperidine rings is 1. The van der Waals surface area contributed by atoms with Gasteiger partial charge in [0.15, 0.2) is 0 Å². The zero-order chi connectivity index (χ0) is 16.9. The van der Waals surface area contributed by atoms with Crippen LogP contribution in [-0.4, -0.2) is 43.6 Å². The van der Waals surface area contributed by atoms with Gasteiger partial charge in [0.05, 0.1) is 5.02 Å². The average Bonchev–Trinajstić information content (AvgIpc) is 2.59. The largest absolute Gasteiger partial charge is 0.487 e. The number of carbonyl (C=O) groups excluding carboxylic acids is 1. The van der Waals surface area contributed by atoms with Gasteiger partial charge in [-0.15, -0.1) is 0 Å². The van der Waals surface area contributed by atoms with E-state index < -0.39 is 0 Å². The van der Waals surface area contributed by atoms with Gasteiger partial charge in [-0.2, -0.15) is 0 Å². The highest BCUT2D eigenvalue weighted by Crippen LogP contribution is 2.36. The third kappa shape index (κ3) is 4.44. The molecule has 0 atom stereocenters. The maximum Gasteiger partial charge on any atom is 0.223 e. The van der Waals surface area contributed by atoms with E-state index in [4.69, 9.17) is 27.9 Å². The molecule has 2 aliphatic rings. The SMILES string of the molecule is O=C(CCNCC1=Cc2cc(Cl)cc(Cl)c2OC1)N1CCCCC1. The number of halogens is 2. The summed E-state index contributed by atoms with van der Waals surface area (Å²) in [6.45, 7) is 3.69. The molecule has 0 saturated carbocycles. The summed E-state index contributed by atoms with van der Waals surface area (Å²) in [6, 6.07) is 3.53. The minimum Gasteiger partial charge on any atom is -0.487 e. The molecule has 2 aliphatic heterocycles. The van der Waals surface area contributed by atoms with Gasteiger partial charge in [-0.25, -0.2) is 0 Å². The molecule has 2 heterocycles. The second kappa shape index (κ2) is 8.24. The van der Waals surface area contributed by atoms with Gasteiger partial charge in [-0.3, -0.25) is 4.79 Å². The Morgan fingerprint density at radius 2 is 2.00 bits per heavy atom. The van der Waals surface area contributed by atoms with Crippen molar-refractivity contribution in [2.24, 2.45) is 0 Å². The standard InChI is InChI=1S/C18H22Cl2N2O2/c19-15-9-14-8-13(12-24-18(14)16(20)10-15)11-21-5-4-17(23)22-6-2-1-3-7-22/h8-10,21H,1-7,11-12H2. The van der Waals surface area contributed by atoms with E-state index >= 15 is 0 Å². The minimum atomic E-state index is 0.250. The van der Waals surface area contributed by atoms with Crippen molar-refractivity contribution in [1.29, 1.82) is 0 Å². The van der Waals surface area contributed by atoms with Crippen LogP contribution in [0.4, 0.5) is 0 Å². The van der Waals surface area contributed by atoms with Crippen LogP contribution in [0.1, 0.15) is 31.2 Å². The van der Waals surface area contributed by atoms with Crippen LogP contribution >= 0.6 is 23.2 Å². The smallest absolute Gasteiger partial charge is 0.223 e. The van der Waals surface area contributed by atoms with Crippen LogP contribution in [-0.2, 0) is 4.79 Å². The summed E-state index contributed by atoms with van der Waals surface area (Å²) in [5.74, 6) is 0.935. The van der Waals surface area contributed by atoms with Gasteiger partial charge in [-0.05, 0) is 43.0 Å². The van der Waals surface area contributed by atoms with Gasteiger partial charge in [0.2, 0.25) is 5.91 Å². The number of ether oxygens (including phenoxy) is 1. The Bertz CT molecular complexity index is 640. The maximum atomic E-state index is 12.1. The molecule has 1 N–H and O–H groups in total. The topological polar surface area (TPSA) is 41.6 Å². The van der Waals surface area contributed by atoms with Crippen LogP contribution in [0.2, 0.25) is 10.0 Å². The monoisotopic (exact) mass is 368 g/mol. The van der Waals surface area contributed by atoms with Crippen molar-refractivity contribution in [3.63, 3.8) is 0 Å². The Morgan fingerprint density at radius 3 is 2.79 bits per heavy atom. The third-order valence-corrected chi connectivity index (χ3v) is 4.87. The summed E-state index contributed by atoms with van der Waals surface area (Å²) in [5, 5.41) is 4.46. The van der Waals surface area contributed by atoms with E-state index in [9.17, 15) is 4.79 Å². The van der Waals surface area contributed by atoms with Gasteiger partial charge in [-0.1, -0.05) is 23.2 Å². The highest BCUT2D eigenvalue weighted by molar-refractivity contribution is 6.36. The molecule has 1 aromatic carbocycles. The molecule has 0 radical (unpaired) electrons. The first-order chi connectivity index (χ1) is 11.6. The number of likely N-dealkylation sites (tertiary alicyclic amines) is 1. The average molecular weight is 369 g/mol. The van der Waals surface area contributed by atoms with E-state index in [1.807, 2.05) is 11.0 Å². The number of nitrogens with zero attached hydrogens (tertiary/aromatic N) is 1. The number of fused-ring (bicyclic) bond motifs is 1. The first-order valence-corrected chi connectivity index (χ1v) is 9.19. The van der Waals surface area contributed by atoms with E-state index in [0.29, 0.717) is 41.9 Å². The van der Waals surface area contributed by atoms with Crippen molar-refractivity contribution in [2.45, 2.75) is 25.7 Å². The van der Waals surface area contributed by atoms with Crippen molar-refractivity contribution in [2.75, 3.05) is 32.8 Å². The number of hydrogen-bond acceptors (Lipinski definition) is 3. The summed E-state index contributed by atoms with van der Waals surface area (Å²) in [5.41, 5.74) is 2.02. The fourth-order valence-electron chi connectivity index (χ4n) is 3.11. The zero-order valence-electron chi connectivity index (χ0n) is 13.6. The lowest BCUT2D eigenvalue weighted by atomic mass is 10.1. The number of hydrogen-bond donors (Lipinski definition) is 1. The summed E-state index contributed by atoms with van der Waals surface area (Å²) in [7, 11) is 0. The quantitative estimate of drug-likeness (QED) is 0.804. The number of rotatable bonds is 5. The molecule has 4 nitrogen and oxygen atoms in total. The van der Waals surface area contributed by atoms with Crippen molar-refractivity contribution >= 4 is 35.2 Å². The van der Waals surface area contributed by atoms with Crippen molar-refractivity contribution in [1.82, 2.24) is 10.2 Å². The number of carbonyl (C=O) groups is 1. The zero-order valence-corrected chi connectivity index (χ0v) is 15.1. The van der Waals surface area contributed by atoms with Gasteiger partial charge in [0, 0.05) is 43.2 Å². The fourth-order valence-corrected chi connectivity index (χ4v) is 3.68. The second-order valence-corrected chi connectivity index (χ2v) is 7.11. The lowest BCUT2D eigenvalue weighted by Crippen LogP contribution is -2.37. The second-order valence-electron chi connectivity index (χ2n) is 6.27. The summed E-state index contributed by atoms with van der Waals surface area (Å²) < 4.78 is 5.72. The molecule has 0 unspecified atom stereocenters. The molecule has 0 aromatic heterocycles. The summed E-state index contributed by atoms with van der Waals surface area (Å²) in [6.07, 6.45) is 6.10. The van der Waals surface area contributed by atoms with Crippen molar-refractivity contribution < 1.29 is 9.53 Å². The molecular weight excluding hydrogens is 347 g/mol. The molecule has 1 amide bonds. The van der Waals surface area contributed by atoms with Crippen molar-refractivity contribution in [3.8, 4) is 5.75 Å². The highest BCUT2D eigenvalue weighted by atomic mass is 35.5. The van der Waals surface area contributed by atoms with Gasteiger partial charge in [0.25, 0.3) is 0 Å². The third-order valence-electron chi connectivity index (χ3n) is 4.38. The molecule has 6 heteroatoms. The van der Waals surface area contributed by atoms with Crippen LogP contribution in [0.15, 0.2) is 17.7 Å². The highest BCUT2D eigenvalue weighted by Gasteiger charge is 2.17. The molecule has 1 fully saturated rings. The predicted octanol–water partition coefficient (Wildman–Crippen LogP) is 3.76. The molecule has 1 saturated heterocycles. The first-order valence-electron chi connectivity index (χ1n) is 8.43. The maximum absolute atomic E-state index is 12.1. The van der Waals surface area contributed by atoms with Gasteiger partial charge in [0.1, 0.15) is 12.4 Å². The van der Waals surface area contributed by atoms with Crippen LogP contribution < -0.4 is 10.1 Å². The van der Waals surface area contributed by atoms with E-state index in [0.717, 1.165) is 37.1 Å². The molecule has 0 bridgehead atoms. The fraction of sp³-hybridized carbons (Fsp3) is 0.500. The molecule has 0 spiro atoms. The minimum absolute atomic E-state index is 0.250. The van der Waals surface area contributed by atoms with Gasteiger partial charge < -0.3 is 15.0 Å². The van der Waals surface area contributed by atoms with Gasteiger partial charge >= 0.3 is 0 Å². The normalized spacial score (nSPS) is 17.1. The Labute approximate surface area is 152 Å². The molecule has 130 valence electrons.